The van der Waals surface area contributed by atoms with E-state index >= 15 is 0 Å². The number of halogens is 3. The van der Waals surface area contributed by atoms with Crippen molar-refractivity contribution >= 4 is 0 Å². The predicted molar refractivity (Wildman–Crippen MR) is 59.7 cm³/mol. The Kier molecular flexibility index (Phi) is 5.22. The number of rotatable bonds is 5. The molecule has 0 spiro atoms. The van der Waals surface area contributed by atoms with Crippen LogP contribution in [0.2, 0.25) is 0 Å². The van der Waals surface area contributed by atoms with Gasteiger partial charge >= 0.3 is 6.18 Å². The SMILES string of the molecule is CN(CCC(F)(F)F)CC1(CN)CCCOC1. The molecule has 1 heterocycles. The van der Waals surface area contributed by atoms with E-state index in [1.807, 2.05) is 0 Å². The molecule has 1 rings (SSSR count). The van der Waals surface area contributed by atoms with E-state index in [1.54, 1.807) is 11.9 Å². The molecule has 1 unspecified atom stereocenters. The van der Waals surface area contributed by atoms with Crippen LogP contribution >= 0.6 is 0 Å². The molecule has 1 atom stereocenters. The summed E-state index contributed by atoms with van der Waals surface area (Å²) in [5, 5.41) is 0. The molecule has 0 aliphatic carbocycles. The van der Waals surface area contributed by atoms with Gasteiger partial charge in [-0.2, -0.15) is 13.2 Å². The van der Waals surface area contributed by atoms with Gasteiger partial charge < -0.3 is 15.4 Å². The predicted octanol–water partition coefficient (Wildman–Crippen LogP) is 1.63. The van der Waals surface area contributed by atoms with Crippen molar-refractivity contribution in [3.8, 4) is 0 Å². The van der Waals surface area contributed by atoms with Crippen LogP contribution in [0, 0.1) is 5.41 Å². The third kappa shape index (κ3) is 5.23. The second-order valence-electron chi connectivity index (χ2n) is 4.96. The number of alkyl halides is 3. The molecule has 1 aliphatic heterocycles. The molecule has 102 valence electrons. The van der Waals surface area contributed by atoms with Crippen molar-refractivity contribution in [1.82, 2.24) is 4.90 Å². The fraction of sp³-hybridized carbons (Fsp3) is 1.00. The summed E-state index contributed by atoms with van der Waals surface area (Å²) in [4.78, 5) is 1.70. The lowest BCUT2D eigenvalue weighted by atomic mass is 9.82. The van der Waals surface area contributed by atoms with Crippen molar-refractivity contribution in [3.05, 3.63) is 0 Å². The molecule has 0 amide bonds. The van der Waals surface area contributed by atoms with Crippen molar-refractivity contribution in [2.45, 2.75) is 25.4 Å². The van der Waals surface area contributed by atoms with E-state index < -0.39 is 12.6 Å². The Morgan fingerprint density at radius 1 is 1.41 bits per heavy atom. The normalized spacial score (nSPS) is 26.5. The Balaban J connectivity index is 2.39. The van der Waals surface area contributed by atoms with Crippen LogP contribution in [0.1, 0.15) is 19.3 Å². The number of nitrogens with two attached hydrogens (primary N) is 1. The molecule has 0 saturated carbocycles. The average Bonchev–Trinajstić information content (AvgIpc) is 2.27. The van der Waals surface area contributed by atoms with E-state index in [-0.39, 0.29) is 12.0 Å². The summed E-state index contributed by atoms with van der Waals surface area (Å²) in [6.07, 6.45) is -3.00. The first-order valence-corrected chi connectivity index (χ1v) is 5.90. The highest BCUT2D eigenvalue weighted by Gasteiger charge is 2.34. The van der Waals surface area contributed by atoms with Gasteiger partial charge in [-0.05, 0) is 19.9 Å². The monoisotopic (exact) mass is 254 g/mol. The van der Waals surface area contributed by atoms with Gasteiger partial charge in [-0.1, -0.05) is 0 Å². The second kappa shape index (κ2) is 6.02. The summed E-state index contributed by atoms with van der Waals surface area (Å²) in [6, 6.07) is 0. The fourth-order valence-electron chi connectivity index (χ4n) is 2.23. The van der Waals surface area contributed by atoms with Crippen molar-refractivity contribution in [2.75, 3.05) is 39.9 Å². The smallest absolute Gasteiger partial charge is 0.381 e. The molecule has 2 N–H and O–H groups in total. The zero-order valence-electron chi connectivity index (χ0n) is 10.2. The summed E-state index contributed by atoms with van der Waals surface area (Å²) >= 11 is 0. The summed E-state index contributed by atoms with van der Waals surface area (Å²) < 4.78 is 41.7. The molecule has 17 heavy (non-hydrogen) atoms. The number of hydrogen-bond donors (Lipinski definition) is 1. The topological polar surface area (TPSA) is 38.5 Å². The van der Waals surface area contributed by atoms with E-state index in [0.717, 1.165) is 19.4 Å². The number of hydrogen-bond acceptors (Lipinski definition) is 3. The molecule has 0 aromatic heterocycles. The number of nitrogens with zero attached hydrogens (tertiary/aromatic N) is 1. The zero-order valence-corrected chi connectivity index (χ0v) is 10.2. The highest BCUT2D eigenvalue weighted by atomic mass is 19.4. The Labute approximate surface area is 100 Å². The van der Waals surface area contributed by atoms with Gasteiger partial charge in [0.25, 0.3) is 0 Å². The van der Waals surface area contributed by atoms with Gasteiger partial charge in [-0.3, -0.25) is 0 Å². The molecular weight excluding hydrogens is 233 g/mol. The fourth-order valence-corrected chi connectivity index (χ4v) is 2.23. The summed E-state index contributed by atoms with van der Waals surface area (Å²) in [6.45, 7) is 2.34. The van der Waals surface area contributed by atoms with Gasteiger partial charge in [0.05, 0.1) is 13.0 Å². The molecule has 0 aromatic rings. The van der Waals surface area contributed by atoms with E-state index in [9.17, 15) is 13.2 Å². The third-order valence-electron chi connectivity index (χ3n) is 3.22. The molecule has 1 saturated heterocycles. The minimum absolute atomic E-state index is 0.0191. The minimum Gasteiger partial charge on any atom is -0.381 e. The standard InChI is InChI=1S/C11H21F3N2O/c1-16(5-4-11(12,13)14)8-10(7-15)3-2-6-17-9-10/h2-9,15H2,1H3. The maximum atomic E-state index is 12.1. The Morgan fingerprint density at radius 2 is 2.12 bits per heavy atom. The first-order chi connectivity index (χ1) is 7.87. The van der Waals surface area contributed by atoms with Gasteiger partial charge in [0, 0.05) is 31.7 Å². The molecule has 0 aromatic carbocycles. The van der Waals surface area contributed by atoms with Crippen LogP contribution in [0.15, 0.2) is 0 Å². The quantitative estimate of drug-likeness (QED) is 0.810. The molecule has 1 fully saturated rings. The van der Waals surface area contributed by atoms with Gasteiger partial charge in [0.1, 0.15) is 0 Å². The largest absolute Gasteiger partial charge is 0.390 e. The van der Waals surface area contributed by atoms with Crippen molar-refractivity contribution in [2.24, 2.45) is 11.1 Å². The Bertz CT molecular complexity index is 227. The van der Waals surface area contributed by atoms with Crippen LogP contribution in [-0.2, 0) is 4.74 Å². The van der Waals surface area contributed by atoms with Crippen LogP contribution in [0.5, 0.6) is 0 Å². The molecule has 0 bridgehead atoms. The van der Waals surface area contributed by atoms with E-state index in [2.05, 4.69) is 0 Å². The molecule has 3 nitrogen and oxygen atoms in total. The van der Waals surface area contributed by atoms with Crippen LogP contribution in [-0.4, -0.2) is 51.0 Å². The third-order valence-corrected chi connectivity index (χ3v) is 3.22. The first-order valence-electron chi connectivity index (χ1n) is 5.90. The highest BCUT2D eigenvalue weighted by molar-refractivity contribution is 4.85. The van der Waals surface area contributed by atoms with E-state index in [4.69, 9.17) is 10.5 Å². The van der Waals surface area contributed by atoms with Gasteiger partial charge in [-0.15, -0.1) is 0 Å². The van der Waals surface area contributed by atoms with Crippen molar-refractivity contribution in [3.63, 3.8) is 0 Å². The highest BCUT2D eigenvalue weighted by Crippen LogP contribution is 2.29. The summed E-state index contributed by atoms with van der Waals surface area (Å²) in [7, 11) is 1.71. The average molecular weight is 254 g/mol. The lowest BCUT2D eigenvalue weighted by Gasteiger charge is -2.39. The van der Waals surface area contributed by atoms with Crippen LogP contribution in [0.3, 0.4) is 0 Å². The zero-order chi connectivity index (χ0) is 12.9. The van der Waals surface area contributed by atoms with Crippen LogP contribution in [0.4, 0.5) is 13.2 Å². The second-order valence-corrected chi connectivity index (χ2v) is 4.96. The van der Waals surface area contributed by atoms with Crippen LogP contribution in [0.25, 0.3) is 0 Å². The molecular formula is C11H21F3N2O. The lowest BCUT2D eigenvalue weighted by Crippen LogP contribution is -2.47. The molecule has 6 heteroatoms. The molecule has 0 radical (unpaired) electrons. The maximum Gasteiger partial charge on any atom is 0.390 e. The van der Waals surface area contributed by atoms with Crippen LogP contribution < -0.4 is 5.73 Å². The lowest BCUT2D eigenvalue weighted by molar-refractivity contribution is -0.138. The summed E-state index contributed by atoms with van der Waals surface area (Å²) in [5.74, 6) is 0. The van der Waals surface area contributed by atoms with Crippen molar-refractivity contribution in [1.29, 1.82) is 0 Å². The van der Waals surface area contributed by atoms with Gasteiger partial charge in [0.2, 0.25) is 0 Å². The van der Waals surface area contributed by atoms with Gasteiger partial charge in [0.15, 0.2) is 0 Å². The Morgan fingerprint density at radius 3 is 2.59 bits per heavy atom. The molecule has 1 aliphatic rings. The van der Waals surface area contributed by atoms with E-state index in [0.29, 0.717) is 19.7 Å². The minimum atomic E-state index is -4.09. The summed E-state index contributed by atoms with van der Waals surface area (Å²) in [5.41, 5.74) is 5.57. The number of ether oxygens (including phenoxy) is 1. The van der Waals surface area contributed by atoms with Crippen molar-refractivity contribution < 1.29 is 17.9 Å². The maximum absolute atomic E-state index is 12.1. The first kappa shape index (κ1) is 14.7. The Hall–Kier alpha value is -0.330. The van der Waals surface area contributed by atoms with Gasteiger partial charge in [-0.25, -0.2) is 0 Å². The van der Waals surface area contributed by atoms with E-state index in [1.165, 1.54) is 0 Å².